The lowest BCUT2D eigenvalue weighted by atomic mass is 10.0. The predicted octanol–water partition coefficient (Wildman–Crippen LogP) is 5.24. The van der Waals surface area contributed by atoms with Gasteiger partial charge in [0.05, 0.1) is 29.0 Å². The van der Waals surface area contributed by atoms with E-state index < -0.39 is 0 Å². The average Bonchev–Trinajstić information content (AvgIpc) is 3.38. The summed E-state index contributed by atoms with van der Waals surface area (Å²) in [5.74, 6) is 0.501. The van der Waals surface area contributed by atoms with Crippen LogP contribution in [0.1, 0.15) is 55.6 Å². The minimum Gasteiger partial charge on any atom is -0.307 e. The molecular formula is C24H28N6O. The van der Waals surface area contributed by atoms with E-state index in [4.69, 9.17) is 4.98 Å². The molecule has 0 aliphatic rings. The van der Waals surface area contributed by atoms with Crippen LogP contribution in [0.15, 0.2) is 48.8 Å². The molecular weight excluding hydrogens is 388 g/mol. The van der Waals surface area contributed by atoms with Crippen LogP contribution >= 0.6 is 0 Å². The Morgan fingerprint density at radius 1 is 1.16 bits per heavy atom. The van der Waals surface area contributed by atoms with Crippen LogP contribution in [-0.4, -0.2) is 30.5 Å². The molecule has 4 rings (SSSR count). The Kier molecular flexibility index (Phi) is 5.84. The number of carbonyl (C=O) groups is 1. The van der Waals surface area contributed by atoms with Crippen LogP contribution in [-0.2, 0) is 6.54 Å². The molecule has 7 heteroatoms. The van der Waals surface area contributed by atoms with Crippen molar-refractivity contribution >= 4 is 22.8 Å². The molecule has 4 aromatic rings. The van der Waals surface area contributed by atoms with E-state index in [-0.39, 0.29) is 11.9 Å². The van der Waals surface area contributed by atoms with Gasteiger partial charge in [0.2, 0.25) is 0 Å². The lowest BCUT2D eigenvalue weighted by molar-refractivity contribution is 0.102. The molecule has 0 atom stereocenters. The molecule has 0 radical (unpaired) electrons. The molecule has 3 heterocycles. The van der Waals surface area contributed by atoms with Crippen molar-refractivity contribution in [3.63, 3.8) is 0 Å². The van der Waals surface area contributed by atoms with Gasteiger partial charge in [0.25, 0.3) is 5.91 Å². The van der Waals surface area contributed by atoms with Gasteiger partial charge in [-0.15, -0.1) is 0 Å². The summed E-state index contributed by atoms with van der Waals surface area (Å²) in [6, 6.07) is 11.9. The van der Waals surface area contributed by atoms with Crippen molar-refractivity contribution in [1.82, 2.24) is 24.5 Å². The second kappa shape index (κ2) is 8.71. The largest absolute Gasteiger partial charge is 0.307 e. The third-order valence-electron chi connectivity index (χ3n) is 5.40. The Labute approximate surface area is 182 Å². The molecule has 7 nitrogen and oxygen atoms in total. The lowest BCUT2D eigenvalue weighted by Crippen LogP contribution is -2.17. The number of hydrogen-bond donors (Lipinski definition) is 1. The van der Waals surface area contributed by atoms with Gasteiger partial charge in [0.1, 0.15) is 5.82 Å². The SMILES string of the molecule is CCCCn1nccc1NC(=O)c1cc(-c2ccccc2C)nc2c1cnn2C(C)C. The standard InChI is InChI=1S/C24H28N6O/c1-5-6-13-29-22(11-12-25-29)28-24(31)19-14-21(18-10-8-7-9-17(18)4)27-23-20(19)15-26-30(23)16(2)3/h7-12,14-16H,5-6,13H2,1-4H3,(H,28,31). The summed E-state index contributed by atoms with van der Waals surface area (Å²) in [5, 5.41) is 12.6. The summed E-state index contributed by atoms with van der Waals surface area (Å²) < 4.78 is 3.69. The topological polar surface area (TPSA) is 77.6 Å². The monoisotopic (exact) mass is 416 g/mol. The molecule has 31 heavy (non-hydrogen) atoms. The minimum atomic E-state index is -0.191. The molecule has 0 aliphatic carbocycles. The molecule has 1 amide bonds. The predicted molar refractivity (Wildman–Crippen MR) is 123 cm³/mol. The number of anilines is 1. The van der Waals surface area contributed by atoms with Crippen LogP contribution in [0.2, 0.25) is 0 Å². The highest BCUT2D eigenvalue weighted by atomic mass is 16.1. The van der Waals surface area contributed by atoms with E-state index in [1.165, 1.54) is 0 Å². The van der Waals surface area contributed by atoms with Gasteiger partial charge in [0.15, 0.2) is 5.65 Å². The maximum Gasteiger partial charge on any atom is 0.257 e. The first-order valence-electron chi connectivity index (χ1n) is 10.8. The first kappa shape index (κ1) is 20.8. The summed E-state index contributed by atoms with van der Waals surface area (Å²) in [5.41, 5.74) is 4.13. The number of nitrogens with zero attached hydrogens (tertiary/aromatic N) is 5. The van der Waals surface area contributed by atoms with Crippen LogP contribution in [0, 0.1) is 6.92 Å². The van der Waals surface area contributed by atoms with Gasteiger partial charge in [-0.2, -0.15) is 10.2 Å². The Balaban J connectivity index is 1.80. The van der Waals surface area contributed by atoms with E-state index >= 15 is 0 Å². The highest BCUT2D eigenvalue weighted by Crippen LogP contribution is 2.28. The number of aryl methyl sites for hydroxylation is 2. The van der Waals surface area contributed by atoms with E-state index in [0.29, 0.717) is 17.0 Å². The maximum atomic E-state index is 13.4. The van der Waals surface area contributed by atoms with Crippen molar-refractivity contribution in [3.8, 4) is 11.3 Å². The summed E-state index contributed by atoms with van der Waals surface area (Å²) in [7, 11) is 0. The van der Waals surface area contributed by atoms with Crippen LogP contribution in [0.25, 0.3) is 22.3 Å². The van der Waals surface area contributed by atoms with Crippen LogP contribution in [0.4, 0.5) is 5.82 Å². The molecule has 160 valence electrons. The van der Waals surface area contributed by atoms with Crippen molar-refractivity contribution in [2.75, 3.05) is 5.32 Å². The number of hydrogen-bond acceptors (Lipinski definition) is 4. The first-order valence-corrected chi connectivity index (χ1v) is 10.8. The fourth-order valence-corrected chi connectivity index (χ4v) is 3.69. The number of unbranched alkanes of at least 4 members (excludes halogenated alkanes) is 1. The van der Waals surface area contributed by atoms with Gasteiger partial charge in [0, 0.05) is 24.2 Å². The third-order valence-corrected chi connectivity index (χ3v) is 5.40. The molecule has 1 N–H and O–H groups in total. The zero-order valence-corrected chi connectivity index (χ0v) is 18.5. The smallest absolute Gasteiger partial charge is 0.257 e. The van der Waals surface area contributed by atoms with E-state index in [9.17, 15) is 4.79 Å². The summed E-state index contributed by atoms with van der Waals surface area (Å²) in [4.78, 5) is 18.3. The number of carbonyl (C=O) groups excluding carboxylic acids is 1. The number of amides is 1. The molecule has 0 fully saturated rings. The van der Waals surface area contributed by atoms with Crippen LogP contribution in [0.3, 0.4) is 0 Å². The minimum absolute atomic E-state index is 0.128. The van der Waals surface area contributed by atoms with Gasteiger partial charge < -0.3 is 5.32 Å². The van der Waals surface area contributed by atoms with Gasteiger partial charge in [-0.25, -0.2) is 14.3 Å². The number of pyridine rings is 1. The van der Waals surface area contributed by atoms with Crippen molar-refractivity contribution < 1.29 is 4.79 Å². The molecule has 0 unspecified atom stereocenters. The van der Waals surface area contributed by atoms with Gasteiger partial charge in [-0.3, -0.25) is 4.79 Å². The summed E-state index contributed by atoms with van der Waals surface area (Å²) in [6.45, 7) is 9.06. The normalized spacial score (nSPS) is 11.4. The van der Waals surface area contributed by atoms with Crippen LogP contribution < -0.4 is 5.32 Å². The lowest BCUT2D eigenvalue weighted by Gasteiger charge is -2.13. The second-order valence-electron chi connectivity index (χ2n) is 8.04. The van der Waals surface area contributed by atoms with E-state index in [2.05, 4.69) is 36.3 Å². The maximum absolute atomic E-state index is 13.4. The number of benzene rings is 1. The van der Waals surface area contributed by atoms with Crippen molar-refractivity contribution in [2.45, 2.75) is 53.1 Å². The molecule has 0 aliphatic heterocycles. The van der Waals surface area contributed by atoms with Crippen molar-refractivity contribution in [3.05, 3.63) is 59.9 Å². The Morgan fingerprint density at radius 3 is 2.71 bits per heavy atom. The zero-order chi connectivity index (χ0) is 22.0. The van der Waals surface area contributed by atoms with E-state index in [1.54, 1.807) is 12.4 Å². The fourth-order valence-electron chi connectivity index (χ4n) is 3.69. The second-order valence-corrected chi connectivity index (χ2v) is 8.04. The fraction of sp³-hybridized carbons (Fsp3) is 0.333. The van der Waals surface area contributed by atoms with Crippen LogP contribution in [0.5, 0.6) is 0 Å². The molecule has 3 aromatic heterocycles. The molecule has 1 aromatic carbocycles. The quantitative estimate of drug-likeness (QED) is 0.447. The Hall–Kier alpha value is -3.48. The zero-order valence-electron chi connectivity index (χ0n) is 18.5. The number of nitrogens with one attached hydrogen (secondary N) is 1. The first-order chi connectivity index (χ1) is 15.0. The average molecular weight is 417 g/mol. The molecule has 0 saturated carbocycles. The van der Waals surface area contributed by atoms with E-state index in [1.807, 2.05) is 52.7 Å². The molecule has 0 saturated heterocycles. The third kappa shape index (κ3) is 4.08. The Bertz CT molecular complexity index is 1220. The van der Waals surface area contributed by atoms with Gasteiger partial charge in [-0.05, 0) is 38.8 Å². The number of rotatable bonds is 7. The van der Waals surface area contributed by atoms with Crippen molar-refractivity contribution in [2.24, 2.45) is 0 Å². The van der Waals surface area contributed by atoms with Gasteiger partial charge >= 0.3 is 0 Å². The molecule has 0 spiro atoms. The van der Waals surface area contributed by atoms with Crippen molar-refractivity contribution in [1.29, 1.82) is 0 Å². The number of fused-ring (bicyclic) bond motifs is 1. The number of aromatic nitrogens is 5. The highest BCUT2D eigenvalue weighted by Gasteiger charge is 2.20. The summed E-state index contributed by atoms with van der Waals surface area (Å²) in [6.07, 6.45) is 5.51. The van der Waals surface area contributed by atoms with Gasteiger partial charge in [-0.1, -0.05) is 37.6 Å². The Morgan fingerprint density at radius 2 is 1.97 bits per heavy atom. The van der Waals surface area contributed by atoms with E-state index in [0.717, 1.165) is 41.6 Å². The highest BCUT2D eigenvalue weighted by molar-refractivity contribution is 6.12. The summed E-state index contributed by atoms with van der Waals surface area (Å²) >= 11 is 0. The molecule has 0 bridgehead atoms.